The Morgan fingerprint density at radius 1 is 0.818 bits per heavy atom. The van der Waals surface area contributed by atoms with Gasteiger partial charge in [0, 0.05) is 5.82 Å². The van der Waals surface area contributed by atoms with Crippen molar-refractivity contribution in [2.45, 2.75) is 45.6 Å². The van der Waals surface area contributed by atoms with Crippen molar-refractivity contribution in [1.29, 1.82) is 0 Å². The summed E-state index contributed by atoms with van der Waals surface area (Å²) in [4.78, 5) is 2.41. The maximum atomic E-state index is 7.02. The summed E-state index contributed by atoms with van der Waals surface area (Å²) in [5, 5.41) is 0. The second-order valence-corrected chi connectivity index (χ2v) is 7.11. The van der Waals surface area contributed by atoms with Crippen LogP contribution in [0.5, 0.6) is 0 Å². The number of benzene rings is 2. The van der Waals surface area contributed by atoms with Crippen molar-refractivity contribution < 1.29 is 0 Å². The van der Waals surface area contributed by atoms with E-state index in [2.05, 4.69) is 81.0 Å². The molecule has 1 aliphatic carbocycles. The van der Waals surface area contributed by atoms with Gasteiger partial charge in [-0.1, -0.05) is 76.2 Å². The van der Waals surface area contributed by atoms with E-state index in [0.717, 1.165) is 0 Å². The Hall–Kier alpha value is -1.25. The van der Waals surface area contributed by atoms with E-state index in [1.54, 1.807) is 0 Å². The molecule has 1 nitrogen and oxygen atoms in total. The fourth-order valence-electron chi connectivity index (χ4n) is 3.83. The van der Waals surface area contributed by atoms with Crippen LogP contribution in [0.2, 0.25) is 0 Å². The molecule has 0 N–H and O–H groups in total. The Bertz CT molecular complexity index is 614. The number of hydrogen-bond acceptors (Lipinski definition) is 1. The molecule has 3 rings (SSSR count). The standard InChI is InChI=1S/C19H23BClN/c1-13(2)22(14(3)4)20(21)19-17-11-7-5-9-15(17)16-10-6-8-12-18(16)19/h5-14,19H,1-4H3. The van der Waals surface area contributed by atoms with Crippen molar-refractivity contribution in [2.24, 2.45) is 0 Å². The van der Waals surface area contributed by atoms with Gasteiger partial charge in [-0.2, -0.15) is 11.5 Å². The molecule has 0 aliphatic heterocycles. The summed E-state index contributed by atoms with van der Waals surface area (Å²) < 4.78 is 0. The molecule has 2 aromatic carbocycles. The van der Waals surface area contributed by atoms with Gasteiger partial charge in [-0.25, -0.2) is 0 Å². The second kappa shape index (κ2) is 6.10. The third-order valence-corrected chi connectivity index (χ3v) is 5.11. The number of rotatable bonds is 4. The van der Waals surface area contributed by atoms with Gasteiger partial charge < -0.3 is 4.81 Å². The molecule has 0 spiro atoms. The lowest BCUT2D eigenvalue weighted by Crippen LogP contribution is -2.48. The van der Waals surface area contributed by atoms with Gasteiger partial charge in [-0.15, -0.1) is 0 Å². The number of halogens is 1. The molecule has 1 aliphatic rings. The Kier molecular flexibility index (Phi) is 4.34. The minimum atomic E-state index is -0.0372. The molecule has 0 saturated heterocycles. The molecule has 22 heavy (non-hydrogen) atoms. The van der Waals surface area contributed by atoms with Crippen LogP contribution in [-0.2, 0) is 0 Å². The van der Waals surface area contributed by atoms with Gasteiger partial charge in [0.05, 0.1) is 0 Å². The van der Waals surface area contributed by atoms with Crippen LogP contribution in [0.1, 0.15) is 44.6 Å². The van der Waals surface area contributed by atoms with Crippen molar-refractivity contribution in [3.05, 3.63) is 59.7 Å². The van der Waals surface area contributed by atoms with Gasteiger partial charge in [0.2, 0.25) is 0 Å². The molecule has 2 aromatic rings. The van der Waals surface area contributed by atoms with Gasteiger partial charge in [0.1, 0.15) is 0 Å². The van der Waals surface area contributed by atoms with Gasteiger partial charge in [0.25, 0.3) is 0 Å². The van der Waals surface area contributed by atoms with Crippen LogP contribution in [0.3, 0.4) is 0 Å². The molecule has 0 heterocycles. The van der Waals surface area contributed by atoms with E-state index >= 15 is 0 Å². The lowest BCUT2D eigenvalue weighted by molar-refractivity contribution is 0.306. The first kappa shape index (κ1) is 15.6. The van der Waals surface area contributed by atoms with Crippen molar-refractivity contribution in [3.8, 4) is 11.1 Å². The summed E-state index contributed by atoms with van der Waals surface area (Å²) in [6.07, 6.45) is -0.0372. The highest BCUT2D eigenvalue weighted by Crippen LogP contribution is 2.47. The zero-order valence-electron chi connectivity index (χ0n) is 13.8. The zero-order chi connectivity index (χ0) is 15.9. The third-order valence-electron chi connectivity index (χ3n) is 4.63. The first-order valence-electron chi connectivity index (χ1n) is 8.12. The van der Waals surface area contributed by atoms with Crippen LogP contribution >= 0.6 is 11.5 Å². The molecule has 114 valence electrons. The highest BCUT2D eigenvalue weighted by Gasteiger charge is 2.40. The number of hydrogen-bond donors (Lipinski definition) is 0. The molecule has 0 saturated carbocycles. The second-order valence-electron chi connectivity index (χ2n) is 6.66. The van der Waals surface area contributed by atoms with Crippen molar-refractivity contribution >= 4 is 17.7 Å². The average molecular weight is 312 g/mol. The van der Waals surface area contributed by atoms with Crippen LogP contribution in [-0.4, -0.2) is 23.2 Å². The van der Waals surface area contributed by atoms with Crippen molar-refractivity contribution in [2.75, 3.05) is 0 Å². The topological polar surface area (TPSA) is 3.24 Å². The molecule has 0 unspecified atom stereocenters. The summed E-state index contributed by atoms with van der Waals surface area (Å²) in [5.74, 6) is 0.235. The van der Waals surface area contributed by atoms with Crippen LogP contribution in [0.4, 0.5) is 0 Å². The smallest absolute Gasteiger partial charge is 0.323 e. The molecule has 0 fully saturated rings. The Morgan fingerprint density at radius 3 is 1.64 bits per heavy atom. The van der Waals surface area contributed by atoms with E-state index in [4.69, 9.17) is 11.5 Å². The molecule has 0 amide bonds. The molecular formula is C19H23BClN. The van der Waals surface area contributed by atoms with Crippen LogP contribution in [0.25, 0.3) is 11.1 Å². The maximum Gasteiger partial charge on any atom is 0.343 e. The highest BCUT2D eigenvalue weighted by atomic mass is 35.5. The quantitative estimate of drug-likeness (QED) is 0.703. The number of fused-ring (bicyclic) bond motifs is 3. The average Bonchev–Trinajstić information content (AvgIpc) is 2.81. The van der Waals surface area contributed by atoms with Crippen LogP contribution in [0.15, 0.2) is 48.5 Å². The minimum Gasteiger partial charge on any atom is -0.323 e. The first-order valence-corrected chi connectivity index (χ1v) is 8.55. The summed E-state index contributed by atoms with van der Waals surface area (Å²) in [7, 11) is 0. The lowest BCUT2D eigenvalue weighted by Gasteiger charge is -2.36. The minimum absolute atomic E-state index is 0.0372. The molecular weight excluding hydrogens is 288 g/mol. The summed E-state index contributed by atoms with van der Waals surface area (Å²) >= 11 is 7.02. The zero-order valence-corrected chi connectivity index (χ0v) is 14.5. The van der Waals surface area contributed by atoms with Gasteiger partial charge in [0.15, 0.2) is 0 Å². The Balaban J connectivity index is 2.10. The summed E-state index contributed by atoms with van der Waals surface area (Å²) in [6, 6.07) is 18.2. The van der Waals surface area contributed by atoms with Gasteiger partial charge in [-0.05, 0) is 34.3 Å². The van der Waals surface area contributed by atoms with Gasteiger partial charge in [-0.3, -0.25) is 0 Å². The van der Waals surface area contributed by atoms with Crippen molar-refractivity contribution in [3.63, 3.8) is 0 Å². The van der Waals surface area contributed by atoms with Crippen molar-refractivity contribution in [1.82, 2.24) is 4.81 Å². The molecule has 0 aromatic heterocycles. The SMILES string of the molecule is CC(C)N(B(Cl)C1c2ccccc2-c2ccccc21)C(C)C. The lowest BCUT2D eigenvalue weighted by atomic mass is 9.65. The predicted molar refractivity (Wildman–Crippen MR) is 97.4 cm³/mol. The highest BCUT2D eigenvalue weighted by molar-refractivity contribution is 7.06. The van der Waals surface area contributed by atoms with E-state index in [0.29, 0.717) is 12.1 Å². The third kappa shape index (κ3) is 2.49. The molecule has 0 radical (unpaired) electrons. The van der Waals surface area contributed by atoms with E-state index in [1.807, 2.05) is 0 Å². The van der Waals surface area contributed by atoms with Gasteiger partial charge >= 0.3 is 6.26 Å². The fourth-order valence-corrected chi connectivity index (χ4v) is 4.55. The number of nitrogens with zero attached hydrogens (tertiary/aromatic N) is 1. The van der Waals surface area contributed by atoms with Crippen LogP contribution < -0.4 is 0 Å². The van der Waals surface area contributed by atoms with E-state index < -0.39 is 0 Å². The van der Waals surface area contributed by atoms with Crippen LogP contribution in [0, 0.1) is 0 Å². The van der Waals surface area contributed by atoms with E-state index in [9.17, 15) is 0 Å². The Labute approximate surface area is 139 Å². The summed E-state index contributed by atoms with van der Waals surface area (Å²) in [5.41, 5.74) is 5.38. The normalized spacial score (nSPS) is 13.8. The molecule has 3 heteroatoms. The monoisotopic (exact) mass is 311 g/mol. The van der Waals surface area contributed by atoms with E-state index in [1.165, 1.54) is 22.3 Å². The Morgan fingerprint density at radius 2 is 1.23 bits per heavy atom. The predicted octanol–water partition coefficient (Wildman–Crippen LogP) is 5.18. The first-order chi connectivity index (χ1) is 10.5. The maximum absolute atomic E-state index is 7.02. The largest absolute Gasteiger partial charge is 0.343 e. The molecule has 0 atom stereocenters. The fraction of sp³-hybridized carbons (Fsp3) is 0.368. The van der Waals surface area contributed by atoms with E-state index in [-0.39, 0.29) is 12.1 Å². The molecule has 0 bridgehead atoms. The summed E-state index contributed by atoms with van der Waals surface area (Å²) in [6.45, 7) is 8.90.